The molecule has 0 aliphatic carbocycles. The van der Waals surface area contributed by atoms with Crippen molar-refractivity contribution >= 4 is 27.7 Å². The van der Waals surface area contributed by atoms with Gasteiger partial charge in [-0.15, -0.1) is 0 Å². The Morgan fingerprint density at radius 2 is 1.58 bits per heavy atom. The van der Waals surface area contributed by atoms with Gasteiger partial charge in [0.15, 0.2) is 5.76 Å². The van der Waals surface area contributed by atoms with Crippen LogP contribution in [-0.4, -0.2) is 28.7 Å². The minimum atomic E-state index is -0.884. The number of ether oxygens (including phenoxy) is 1. The summed E-state index contributed by atoms with van der Waals surface area (Å²) in [6, 6.07) is 19.1. The maximum absolute atomic E-state index is 12.0. The first kappa shape index (κ1) is 18.1. The van der Waals surface area contributed by atoms with Crippen molar-refractivity contribution in [3.63, 3.8) is 0 Å². The number of alkyl halides is 1. The molecule has 0 amide bonds. The van der Waals surface area contributed by atoms with E-state index in [1.807, 2.05) is 60.7 Å². The molecule has 3 aromatic rings. The molecule has 3 rings (SSSR count). The van der Waals surface area contributed by atoms with E-state index in [2.05, 4.69) is 20.9 Å². The van der Waals surface area contributed by atoms with E-state index in [1.54, 1.807) is 0 Å². The van der Waals surface area contributed by atoms with Crippen LogP contribution in [0.5, 0.6) is 0 Å². The van der Waals surface area contributed by atoms with Crippen LogP contribution in [0.25, 0.3) is 22.6 Å². The molecule has 6 heteroatoms. The first-order chi connectivity index (χ1) is 12.7. The standard InChI is InChI=1S/C20H16BrNO4/c21-11-12-25-20(24)16(23)13-17-22-18(14-7-3-1-4-8-14)19(26-17)15-9-5-2-6-10-15/h1-10H,11-13H2. The van der Waals surface area contributed by atoms with Gasteiger partial charge in [0, 0.05) is 16.5 Å². The molecule has 0 unspecified atom stereocenters. The van der Waals surface area contributed by atoms with Gasteiger partial charge in [-0.2, -0.15) is 0 Å². The highest BCUT2D eigenvalue weighted by atomic mass is 79.9. The zero-order valence-corrected chi connectivity index (χ0v) is 15.4. The van der Waals surface area contributed by atoms with Gasteiger partial charge in [0.1, 0.15) is 12.3 Å². The molecule has 5 nitrogen and oxygen atoms in total. The number of carbonyl (C=O) groups excluding carboxylic acids is 2. The Balaban J connectivity index is 1.92. The third-order valence-electron chi connectivity index (χ3n) is 3.60. The van der Waals surface area contributed by atoms with Crippen molar-refractivity contribution < 1.29 is 18.7 Å². The number of Topliss-reactive ketones (excluding diaryl/α,β-unsaturated/α-hetero) is 1. The van der Waals surface area contributed by atoms with Crippen LogP contribution in [0.4, 0.5) is 0 Å². The maximum Gasteiger partial charge on any atom is 0.375 e. The van der Waals surface area contributed by atoms with Crippen LogP contribution in [0.3, 0.4) is 0 Å². The van der Waals surface area contributed by atoms with Crippen molar-refractivity contribution in [3.8, 4) is 22.6 Å². The molecule has 0 bridgehead atoms. The molecule has 0 saturated heterocycles. The highest BCUT2D eigenvalue weighted by Crippen LogP contribution is 2.32. The Labute approximate surface area is 159 Å². The Morgan fingerprint density at radius 1 is 0.962 bits per heavy atom. The summed E-state index contributed by atoms with van der Waals surface area (Å²) in [6.07, 6.45) is -0.242. The first-order valence-corrected chi connectivity index (χ1v) is 9.17. The summed E-state index contributed by atoms with van der Waals surface area (Å²) in [7, 11) is 0. The quantitative estimate of drug-likeness (QED) is 0.331. The minimum absolute atomic E-state index is 0.140. The van der Waals surface area contributed by atoms with Gasteiger partial charge in [-0.3, -0.25) is 4.79 Å². The largest absolute Gasteiger partial charge is 0.459 e. The second-order valence-corrected chi connectivity index (χ2v) is 6.24. The first-order valence-electron chi connectivity index (χ1n) is 8.05. The number of rotatable bonds is 7. The van der Waals surface area contributed by atoms with E-state index in [0.29, 0.717) is 16.8 Å². The predicted octanol–water partition coefficient (Wildman–Crippen LogP) is 4.06. The number of hydrogen-bond acceptors (Lipinski definition) is 5. The second-order valence-electron chi connectivity index (χ2n) is 5.44. The monoisotopic (exact) mass is 413 g/mol. The molecule has 2 aromatic carbocycles. The molecule has 0 aliphatic heterocycles. The predicted molar refractivity (Wildman–Crippen MR) is 101 cm³/mol. The van der Waals surface area contributed by atoms with Gasteiger partial charge < -0.3 is 9.15 Å². The van der Waals surface area contributed by atoms with E-state index < -0.39 is 11.8 Å². The molecule has 26 heavy (non-hydrogen) atoms. The Kier molecular flexibility index (Phi) is 5.96. The third kappa shape index (κ3) is 4.26. The van der Waals surface area contributed by atoms with Crippen LogP contribution in [0.1, 0.15) is 5.89 Å². The van der Waals surface area contributed by atoms with E-state index >= 15 is 0 Å². The van der Waals surface area contributed by atoms with Crippen LogP contribution >= 0.6 is 15.9 Å². The second kappa shape index (κ2) is 8.58. The van der Waals surface area contributed by atoms with Gasteiger partial charge in [-0.1, -0.05) is 76.6 Å². The average molecular weight is 414 g/mol. The number of esters is 1. The molecule has 0 N–H and O–H groups in total. The molecule has 0 spiro atoms. The van der Waals surface area contributed by atoms with Crippen LogP contribution in [-0.2, 0) is 20.7 Å². The van der Waals surface area contributed by atoms with E-state index in [-0.39, 0.29) is 18.9 Å². The molecule has 1 heterocycles. The smallest absolute Gasteiger partial charge is 0.375 e. The van der Waals surface area contributed by atoms with Gasteiger partial charge >= 0.3 is 5.97 Å². The van der Waals surface area contributed by atoms with Gasteiger partial charge in [0.2, 0.25) is 11.7 Å². The third-order valence-corrected chi connectivity index (χ3v) is 3.93. The normalized spacial score (nSPS) is 10.5. The van der Waals surface area contributed by atoms with Crippen LogP contribution in [0.15, 0.2) is 65.1 Å². The Bertz CT molecular complexity index is 834. The lowest BCUT2D eigenvalue weighted by Crippen LogP contribution is -2.20. The minimum Gasteiger partial charge on any atom is -0.459 e. The molecule has 0 fully saturated rings. The number of aromatic nitrogens is 1. The van der Waals surface area contributed by atoms with E-state index in [9.17, 15) is 9.59 Å². The average Bonchev–Trinajstić information content (AvgIpc) is 3.11. The van der Waals surface area contributed by atoms with E-state index in [0.717, 1.165) is 11.1 Å². The van der Waals surface area contributed by atoms with Gasteiger partial charge in [-0.05, 0) is 0 Å². The number of hydrogen-bond donors (Lipinski definition) is 0. The summed E-state index contributed by atoms with van der Waals surface area (Å²) in [5.41, 5.74) is 2.35. The Hall–Kier alpha value is -2.73. The molecule has 1 aromatic heterocycles. The fourth-order valence-corrected chi connectivity index (χ4v) is 2.60. The molecule has 0 atom stereocenters. The van der Waals surface area contributed by atoms with Crippen molar-refractivity contribution in [2.24, 2.45) is 0 Å². The number of oxazole rings is 1. The summed E-state index contributed by atoms with van der Waals surface area (Å²) >= 11 is 3.14. The lowest BCUT2D eigenvalue weighted by atomic mass is 10.1. The van der Waals surface area contributed by atoms with Gasteiger partial charge in [0.05, 0.1) is 6.42 Å². The number of nitrogens with zero attached hydrogens (tertiary/aromatic N) is 1. The molecule has 0 saturated carbocycles. The lowest BCUT2D eigenvalue weighted by Gasteiger charge is -2.01. The summed E-state index contributed by atoms with van der Waals surface area (Å²) in [6.45, 7) is 0.140. The molecular weight excluding hydrogens is 398 g/mol. The van der Waals surface area contributed by atoms with Crippen LogP contribution in [0, 0.1) is 0 Å². The molecule has 0 radical (unpaired) electrons. The topological polar surface area (TPSA) is 69.4 Å². The number of halogens is 1. The van der Waals surface area contributed by atoms with E-state index in [4.69, 9.17) is 9.15 Å². The molecular formula is C20H16BrNO4. The number of benzene rings is 2. The number of carbonyl (C=O) groups is 2. The van der Waals surface area contributed by atoms with Crippen LogP contribution in [0.2, 0.25) is 0 Å². The SMILES string of the molecule is O=C(Cc1nc(-c2ccccc2)c(-c2ccccc2)o1)C(=O)OCCBr. The van der Waals surface area contributed by atoms with Crippen molar-refractivity contribution in [1.82, 2.24) is 4.98 Å². The molecule has 132 valence electrons. The van der Waals surface area contributed by atoms with Crippen molar-refractivity contribution in [3.05, 3.63) is 66.6 Å². The van der Waals surface area contributed by atoms with Gasteiger partial charge in [0.25, 0.3) is 0 Å². The highest BCUT2D eigenvalue weighted by Gasteiger charge is 2.22. The summed E-state index contributed by atoms with van der Waals surface area (Å²) in [5.74, 6) is -0.825. The van der Waals surface area contributed by atoms with Crippen LogP contribution < -0.4 is 0 Å². The maximum atomic E-state index is 12.0. The zero-order chi connectivity index (χ0) is 18.4. The summed E-state index contributed by atoms with van der Waals surface area (Å²) in [5, 5.41) is 0.474. The summed E-state index contributed by atoms with van der Waals surface area (Å²) < 4.78 is 10.7. The van der Waals surface area contributed by atoms with Crippen molar-refractivity contribution in [1.29, 1.82) is 0 Å². The van der Waals surface area contributed by atoms with E-state index in [1.165, 1.54) is 0 Å². The highest BCUT2D eigenvalue weighted by molar-refractivity contribution is 9.09. The zero-order valence-electron chi connectivity index (χ0n) is 13.9. The molecule has 0 aliphatic rings. The number of ketones is 1. The van der Waals surface area contributed by atoms with Crippen molar-refractivity contribution in [2.45, 2.75) is 6.42 Å². The fraction of sp³-hybridized carbons (Fsp3) is 0.150. The summed E-state index contributed by atoms with van der Waals surface area (Å²) in [4.78, 5) is 28.2. The fourth-order valence-electron chi connectivity index (χ4n) is 2.44. The Morgan fingerprint density at radius 3 is 2.19 bits per heavy atom. The lowest BCUT2D eigenvalue weighted by molar-refractivity contribution is -0.153. The van der Waals surface area contributed by atoms with Gasteiger partial charge in [-0.25, -0.2) is 9.78 Å². The van der Waals surface area contributed by atoms with Crippen molar-refractivity contribution in [2.75, 3.05) is 11.9 Å².